The van der Waals surface area contributed by atoms with Gasteiger partial charge in [0.25, 0.3) is 0 Å². The number of benzene rings is 2. The van der Waals surface area contributed by atoms with Crippen LogP contribution in [0.25, 0.3) is 22.2 Å². The highest BCUT2D eigenvalue weighted by Crippen LogP contribution is 2.35. The average molecular weight is 341 g/mol. The van der Waals surface area contributed by atoms with Gasteiger partial charge in [-0.1, -0.05) is 55.8 Å². The average Bonchev–Trinajstić information content (AvgIpc) is 2.94. The van der Waals surface area contributed by atoms with Crippen LogP contribution in [0.15, 0.2) is 42.5 Å². The van der Waals surface area contributed by atoms with Gasteiger partial charge in [0.1, 0.15) is 0 Å². The van der Waals surface area contributed by atoms with E-state index in [1.54, 1.807) is 0 Å². The molecule has 126 valence electrons. The number of hydrogen-bond acceptors (Lipinski definition) is 1. The molecule has 1 aromatic heterocycles. The molecule has 1 heterocycles. The third kappa shape index (κ3) is 3.35. The number of nitrogens with two attached hydrogens (primary N) is 1. The van der Waals surface area contributed by atoms with Gasteiger partial charge in [-0.25, -0.2) is 0 Å². The van der Waals surface area contributed by atoms with E-state index in [9.17, 15) is 0 Å². The van der Waals surface area contributed by atoms with Gasteiger partial charge in [0, 0.05) is 21.6 Å². The van der Waals surface area contributed by atoms with Gasteiger partial charge >= 0.3 is 0 Å². The lowest BCUT2D eigenvalue weighted by molar-refractivity contribution is 0.748. The van der Waals surface area contributed by atoms with E-state index >= 15 is 0 Å². The molecule has 2 aromatic carbocycles. The Morgan fingerprint density at radius 1 is 1.04 bits per heavy atom. The Labute approximate surface area is 149 Å². The quantitative estimate of drug-likeness (QED) is 0.539. The van der Waals surface area contributed by atoms with Gasteiger partial charge in [-0.05, 0) is 60.5 Å². The van der Waals surface area contributed by atoms with Crippen molar-refractivity contribution in [2.24, 2.45) is 5.73 Å². The summed E-state index contributed by atoms with van der Waals surface area (Å²) < 4.78 is 0. The van der Waals surface area contributed by atoms with Crippen molar-refractivity contribution in [2.45, 2.75) is 39.0 Å². The minimum absolute atomic E-state index is 0.488. The van der Waals surface area contributed by atoms with Crippen molar-refractivity contribution < 1.29 is 0 Å². The van der Waals surface area contributed by atoms with Gasteiger partial charge in [0.2, 0.25) is 0 Å². The van der Waals surface area contributed by atoms with Gasteiger partial charge in [0.05, 0.1) is 0 Å². The largest absolute Gasteiger partial charge is 0.354 e. The number of para-hydroxylation sites is 1. The highest BCUT2D eigenvalue weighted by atomic mass is 35.5. The summed E-state index contributed by atoms with van der Waals surface area (Å²) in [7, 11) is 0. The van der Waals surface area contributed by atoms with Gasteiger partial charge in [0.15, 0.2) is 0 Å². The Morgan fingerprint density at radius 2 is 1.79 bits per heavy atom. The minimum atomic E-state index is 0.488. The molecule has 0 spiro atoms. The monoisotopic (exact) mass is 340 g/mol. The lowest BCUT2D eigenvalue weighted by atomic mass is 9.96. The summed E-state index contributed by atoms with van der Waals surface area (Å²) in [5, 5.41) is 2.10. The maximum atomic E-state index is 6.06. The van der Waals surface area contributed by atoms with E-state index in [0.717, 1.165) is 30.8 Å². The molecule has 0 amide bonds. The summed E-state index contributed by atoms with van der Waals surface area (Å²) >= 11 is 6.06. The first-order valence-electron chi connectivity index (χ1n) is 8.71. The fraction of sp³-hybridized carbons (Fsp3) is 0.333. The molecule has 24 heavy (non-hydrogen) atoms. The van der Waals surface area contributed by atoms with E-state index in [4.69, 9.17) is 17.3 Å². The highest BCUT2D eigenvalue weighted by molar-refractivity contribution is 6.30. The number of aryl methyl sites for hydroxylation is 1. The lowest BCUT2D eigenvalue weighted by Gasteiger charge is -2.07. The number of aromatic nitrogens is 1. The lowest BCUT2D eigenvalue weighted by Crippen LogP contribution is -1.99. The molecule has 0 aliphatic carbocycles. The Hall–Kier alpha value is -1.77. The summed E-state index contributed by atoms with van der Waals surface area (Å²) in [6, 6.07) is 14.7. The van der Waals surface area contributed by atoms with Crippen LogP contribution in [0.4, 0.5) is 0 Å². The van der Waals surface area contributed by atoms with Crippen LogP contribution in [0.1, 0.15) is 43.7 Å². The zero-order valence-electron chi connectivity index (χ0n) is 14.4. The Balaban J connectivity index is 2.16. The second-order valence-corrected chi connectivity index (χ2v) is 7.09. The molecule has 0 bridgehead atoms. The van der Waals surface area contributed by atoms with E-state index in [-0.39, 0.29) is 0 Å². The highest BCUT2D eigenvalue weighted by Gasteiger charge is 2.16. The molecule has 0 saturated carbocycles. The van der Waals surface area contributed by atoms with Gasteiger partial charge < -0.3 is 10.7 Å². The third-order valence-electron chi connectivity index (χ3n) is 4.61. The van der Waals surface area contributed by atoms with Crippen LogP contribution in [0, 0.1) is 0 Å². The van der Waals surface area contributed by atoms with Crippen LogP contribution in [-0.4, -0.2) is 11.5 Å². The van der Waals surface area contributed by atoms with Crippen molar-refractivity contribution in [2.75, 3.05) is 6.54 Å². The summed E-state index contributed by atoms with van der Waals surface area (Å²) in [4.78, 5) is 3.70. The number of fused-ring (bicyclic) bond motifs is 1. The van der Waals surface area contributed by atoms with Gasteiger partial charge in [-0.2, -0.15) is 0 Å². The zero-order chi connectivity index (χ0) is 17.1. The number of unbranched alkanes of at least 4 members (excludes halogenated alkanes) is 1. The van der Waals surface area contributed by atoms with E-state index in [0.29, 0.717) is 5.92 Å². The predicted octanol–water partition coefficient (Wildman–Crippen LogP) is 5.89. The topological polar surface area (TPSA) is 41.8 Å². The zero-order valence-corrected chi connectivity index (χ0v) is 15.2. The Kier molecular flexibility index (Phi) is 5.27. The smallest absolute Gasteiger partial charge is 0.0497 e. The molecule has 2 nitrogen and oxygen atoms in total. The first kappa shape index (κ1) is 17.1. The van der Waals surface area contributed by atoms with E-state index in [1.165, 1.54) is 33.3 Å². The van der Waals surface area contributed by atoms with Crippen molar-refractivity contribution in [3.8, 4) is 11.3 Å². The Morgan fingerprint density at radius 3 is 2.46 bits per heavy atom. The normalized spacial score (nSPS) is 11.5. The van der Waals surface area contributed by atoms with Gasteiger partial charge in [-0.15, -0.1) is 0 Å². The van der Waals surface area contributed by atoms with Crippen molar-refractivity contribution >= 4 is 22.5 Å². The summed E-state index contributed by atoms with van der Waals surface area (Å²) in [5.41, 5.74) is 12.1. The molecule has 0 atom stereocenters. The van der Waals surface area contributed by atoms with Crippen LogP contribution >= 0.6 is 11.6 Å². The van der Waals surface area contributed by atoms with Crippen molar-refractivity contribution in [1.82, 2.24) is 4.98 Å². The standard InChI is InChI=1S/C21H25ClN2/c1-14(2)17-7-5-8-19-18(6-3-4-13-23)20(24-21(17)19)15-9-11-16(22)12-10-15/h5,7-12,14,24H,3-4,6,13,23H2,1-2H3. The second-order valence-electron chi connectivity index (χ2n) is 6.66. The number of H-pyrrole nitrogens is 1. The molecule has 0 unspecified atom stereocenters. The number of nitrogens with one attached hydrogen (secondary N) is 1. The molecular weight excluding hydrogens is 316 g/mol. The maximum absolute atomic E-state index is 6.06. The van der Waals surface area contributed by atoms with Crippen LogP contribution < -0.4 is 5.73 Å². The molecule has 3 N–H and O–H groups in total. The van der Waals surface area contributed by atoms with Gasteiger partial charge in [-0.3, -0.25) is 0 Å². The van der Waals surface area contributed by atoms with Crippen LogP contribution in [0.5, 0.6) is 0 Å². The molecule has 0 fully saturated rings. The van der Waals surface area contributed by atoms with E-state index in [1.807, 2.05) is 12.1 Å². The first-order chi connectivity index (χ1) is 11.6. The predicted molar refractivity (Wildman–Crippen MR) is 105 cm³/mol. The van der Waals surface area contributed by atoms with Crippen molar-refractivity contribution in [1.29, 1.82) is 0 Å². The van der Waals surface area contributed by atoms with Crippen molar-refractivity contribution in [3.63, 3.8) is 0 Å². The summed E-state index contributed by atoms with van der Waals surface area (Å²) in [6.07, 6.45) is 3.20. The number of aromatic amines is 1. The van der Waals surface area contributed by atoms with Crippen LogP contribution in [-0.2, 0) is 6.42 Å². The third-order valence-corrected chi connectivity index (χ3v) is 4.86. The van der Waals surface area contributed by atoms with E-state index < -0.39 is 0 Å². The fourth-order valence-electron chi connectivity index (χ4n) is 3.35. The maximum Gasteiger partial charge on any atom is 0.0497 e. The molecular formula is C21H25ClN2. The molecule has 0 aliphatic rings. The number of halogens is 1. The molecule has 0 saturated heterocycles. The SMILES string of the molecule is CC(C)c1cccc2c(CCCCN)c(-c3ccc(Cl)cc3)[nH]c12. The van der Waals surface area contributed by atoms with Crippen molar-refractivity contribution in [3.05, 3.63) is 58.6 Å². The minimum Gasteiger partial charge on any atom is -0.354 e. The first-order valence-corrected chi connectivity index (χ1v) is 9.09. The number of rotatable bonds is 6. The summed E-state index contributed by atoms with van der Waals surface area (Å²) in [5.74, 6) is 0.488. The molecule has 3 heteroatoms. The molecule has 0 radical (unpaired) electrons. The molecule has 3 rings (SSSR count). The number of hydrogen-bond donors (Lipinski definition) is 2. The van der Waals surface area contributed by atoms with Crippen LogP contribution in [0.2, 0.25) is 5.02 Å². The fourth-order valence-corrected chi connectivity index (χ4v) is 3.47. The van der Waals surface area contributed by atoms with E-state index in [2.05, 4.69) is 49.2 Å². The molecule has 3 aromatic rings. The summed E-state index contributed by atoms with van der Waals surface area (Å²) in [6.45, 7) is 5.23. The van der Waals surface area contributed by atoms with Crippen LogP contribution in [0.3, 0.4) is 0 Å². The Bertz CT molecular complexity index is 816. The molecule has 0 aliphatic heterocycles. The second kappa shape index (κ2) is 7.42.